The predicted molar refractivity (Wildman–Crippen MR) is 86.9 cm³/mol. The molecule has 1 N–H and O–H groups in total. The Morgan fingerprint density at radius 3 is 2.86 bits per heavy atom. The van der Waals surface area contributed by atoms with E-state index in [-0.39, 0.29) is 18.5 Å². The number of carbonyl (C=O) groups excluding carboxylic acids is 1. The molecule has 1 unspecified atom stereocenters. The highest BCUT2D eigenvalue weighted by atomic mass is 35.5. The molecule has 0 bridgehead atoms. The van der Waals surface area contributed by atoms with E-state index < -0.39 is 0 Å². The topological polar surface area (TPSA) is 46.9 Å². The maximum atomic E-state index is 12.1. The molecule has 0 aliphatic heterocycles. The number of fused-ring (bicyclic) bond motifs is 1. The molecule has 5 heteroatoms. The average molecular weight is 318 g/mol. The quantitative estimate of drug-likeness (QED) is 0.940. The van der Waals surface area contributed by atoms with Gasteiger partial charge >= 0.3 is 0 Å². The number of benzene rings is 1. The van der Waals surface area contributed by atoms with Gasteiger partial charge in [-0.3, -0.25) is 4.79 Å². The third kappa shape index (κ3) is 3.33. The van der Waals surface area contributed by atoms with Crippen LogP contribution in [0, 0.1) is 0 Å². The predicted octanol–water partition coefficient (Wildman–Crippen LogP) is 3.29. The first-order chi connectivity index (χ1) is 10.6. The number of nitrogens with one attached hydrogen (secondary N) is 1. The molecule has 1 aromatic carbocycles. The number of rotatable bonds is 4. The first-order valence-corrected chi connectivity index (χ1v) is 8.09. The summed E-state index contributed by atoms with van der Waals surface area (Å²) >= 11 is 5.89. The van der Waals surface area contributed by atoms with Crippen molar-refractivity contribution in [2.45, 2.75) is 45.2 Å². The van der Waals surface area contributed by atoms with Crippen molar-refractivity contribution in [1.82, 2.24) is 14.9 Å². The maximum Gasteiger partial charge on any atom is 0.240 e. The second-order valence-corrected chi connectivity index (χ2v) is 6.19. The molecular formula is C17H20ClN3O. The summed E-state index contributed by atoms with van der Waals surface area (Å²) in [4.78, 5) is 16.0. The van der Waals surface area contributed by atoms with Crippen LogP contribution in [0.1, 0.15) is 42.5 Å². The summed E-state index contributed by atoms with van der Waals surface area (Å²) < 4.78 is 1.62. The van der Waals surface area contributed by atoms with Crippen molar-refractivity contribution in [3.8, 4) is 0 Å². The van der Waals surface area contributed by atoms with Gasteiger partial charge in [-0.05, 0) is 60.9 Å². The molecular weight excluding hydrogens is 298 g/mol. The monoisotopic (exact) mass is 317 g/mol. The smallest absolute Gasteiger partial charge is 0.240 e. The molecule has 1 aromatic heterocycles. The van der Waals surface area contributed by atoms with Crippen molar-refractivity contribution in [1.29, 1.82) is 0 Å². The van der Waals surface area contributed by atoms with Crippen molar-refractivity contribution in [3.63, 3.8) is 0 Å². The summed E-state index contributed by atoms with van der Waals surface area (Å²) in [6, 6.07) is 6.56. The molecule has 1 aliphatic rings. The highest BCUT2D eigenvalue weighted by molar-refractivity contribution is 6.28. The third-order valence-corrected chi connectivity index (χ3v) is 4.54. The standard InChI is InChI=1S/C17H20ClN3O/c1-12(20-16(22)11-21-9-8-19-17(21)18)14-7-6-13-4-2-3-5-15(13)10-14/h6-10,12H,2-5,11H2,1H3,(H,20,22). The zero-order chi connectivity index (χ0) is 15.5. The Morgan fingerprint density at radius 2 is 2.14 bits per heavy atom. The number of hydrogen-bond donors (Lipinski definition) is 1. The van der Waals surface area contributed by atoms with Gasteiger partial charge in [-0.15, -0.1) is 0 Å². The van der Waals surface area contributed by atoms with E-state index in [0.29, 0.717) is 5.28 Å². The fourth-order valence-corrected chi connectivity index (χ4v) is 3.15. The molecule has 0 spiro atoms. The number of carbonyl (C=O) groups is 1. The van der Waals surface area contributed by atoms with Gasteiger partial charge in [0.05, 0.1) is 6.04 Å². The summed E-state index contributed by atoms with van der Waals surface area (Å²) in [6.07, 6.45) is 8.15. The van der Waals surface area contributed by atoms with Gasteiger partial charge in [-0.1, -0.05) is 18.2 Å². The molecule has 1 amide bonds. The summed E-state index contributed by atoms with van der Waals surface area (Å²) in [5, 5.41) is 3.35. The highest BCUT2D eigenvalue weighted by Crippen LogP contribution is 2.24. The lowest BCUT2D eigenvalue weighted by molar-refractivity contribution is -0.122. The zero-order valence-corrected chi connectivity index (χ0v) is 13.4. The summed E-state index contributed by atoms with van der Waals surface area (Å²) in [5.74, 6) is -0.0647. The number of hydrogen-bond acceptors (Lipinski definition) is 2. The van der Waals surface area contributed by atoms with E-state index in [1.165, 1.54) is 30.4 Å². The highest BCUT2D eigenvalue weighted by Gasteiger charge is 2.14. The number of nitrogens with zero attached hydrogens (tertiary/aromatic N) is 2. The number of aromatic nitrogens is 2. The molecule has 0 radical (unpaired) electrons. The Balaban J connectivity index is 1.65. The fourth-order valence-electron chi connectivity index (χ4n) is 2.98. The Kier molecular flexibility index (Phi) is 4.48. The number of aryl methyl sites for hydroxylation is 2. The molecule has 22 heavy (non-hydrogen) atoms. The van der Waals surface area contributed by atoms with Crippen molar-refractivity contribution in [2.24, 2.45) is 0 Å². The normalized spacial score (nSPS) is 15.2. The molecule has 1 atom stereocenters. The lowest BCUT2D eigenvalue weighted by Crippen LogP contribution is -2.30. The number of halogens is 1. The van der Waals surface area contributed by atoms with E-state index >= 15 is 0 Å². The van der Waals surface area contributed by atoms with E-state index in [1.54, 1.807) is 17.0 Å². The van der Waals surface area contributed by atoms with Crippen LogP contribution in [0.25, 0.3) is 0 Å². The Hall–Kier alpha value is -1.81. The Bertz CT molecular complexity index is 680. The fraction of sp³-hybridized carbons (Fsp3) is 0.412. The summed E-state index contributed by atoms with van der Waals surface area (Å²) in [6.45, 7) is 2.20. The first kappa shape index (κ1) is 15.1. The minimum atomic E-state index is -0.0647. The van der Waals surface area contributed by atoms with Crippen LogP contribution in [-0.2, 0) is 24.2 Å². The third-order valence-electron chi connectivity index (χ3n) is 4.23. The molecule has 0 fully saturated rings. The minimum absolute atomic E-state index is 0.0120. The maximum absolute atomic E-state index is 12.1. The van der Waals surface area contributed by atoms with Gasteiger partial charge in [0, 0.05) is 12.4 Å². The Morgan fingerprint density at radius 1 is 1.36 bits per heavy atom. The van der Waals surface area contributed by atoms with Gasteiger partial charge in [-0.2, -0.15) is 0 Å². The van der Waals surface area contributed by atoms with Crippen LogP contribution in [0.3, 0.4) is 0 Å². The van der Waals surface area contributed by atoms with Crippen molar-refractivity contribution >= 4 is 17.5 Å². The molecule has 2 aromatic rings. The van der Waals surface area contributed by atoms with Crippen LogP contribution >= 0.6 is 11.6 Å². The van der Waals surface area contributed by atoms with E-state index in [9.17, 15) is 4.79 Å². The van der Waals surface area contributed by atoms with Crippen LogP contribution in [0.15, 0.2) is 30.6 Å². The van der Waals surface area contributed by atoms with Crippen LogP contribution in [0.2, 0.25) is 5.28 Å². The van der Waals surface area contributed by atoms with E-state index in [2.05, 4.69) is 28.5 Å². The van der Waals surface area contributed by atoms with E-state index in [0.717, 1.165) is 12.0 Å². The van der Waals surface area contributed by atoms with Crippen molar-refractivity contribution in [2.75, 3.05) is 0 Å². The SMILES string of the molecule is CC(NC(=O)Cn1ccnc1Cl)c1ccc2c(c1)CCCC2. The molecule has 0 saturated heterocycles. The van der Waals surface area contributed by atoms with Crippen LogP contribution in [-0.4, -0.2) is 15.5 Å². The van der Waals surface area contributed by atoms with Gasteiger partial charge in [0.1, 0.15) is 6.54 Å². The zero-order valence-electron chi connectivity index (χ0n) is 12.7. The molecule has 3 rings (SSSR count). The summed E-state index contributed by atoms with van der Waals surface area (Å²) in [7, 11) is 0. The van der Waals surface area contributed by atoms with Crippen LogP contribution < -0.4 is 5.32 Å². The average Bonchev–Trinajstić information content (AvgIpc) is 2.91. The molecule has 4 nitrogen and oxygen atoms in total. The number of amides is 1. The van der Waals surface area contributed by atoms with Crippen molar-refractivity contribution in [3.05, 3.63) is 52.6 Å². The summed E-state index contributed by atoms with van der Waals surface area (Å²) in [5.41, 5.74) is 4.05. The lowest BCUT2D eigenvalue weighted by atomic mass is 9.89. The van der Waals surface area contributed by atoms with Crippen LogP contribution in [0.5, 0.6) is 0 Å². The van der Waals surface area contributed by atoms with E-state index in [4.69, 9.17) is 11.6 Å². The second-order valence-electron chi connectivity index (χ2n) is 5.85. The van der Waals surface area contributed by atoms with Gasteiger partial charge in [0.2, 0.25) is 11.2 Å². The molecule has 0 saturated carbocycles. The van der Waals surface area contributed by atoms with E-state index in [1.807, 2.05) is 6.92 Å². The number of imidazole rings is 1. The molecule has 1 heterocycles. The Labute approximate surface area is 135 Å². The van der Waals surface area contributed by atoms with Gasteiger partial charge in [-0.25, -0.2) is 4.98 Å². The second kappa shape index (κ2) is 6.53. The van der Waals surface area contributed by atoms with Crippen molar-refractivity contribution < 1.29 is 4.79 Å². The first-order valence-electron chi connectivity index (χ1n) is 7.71. The largest absolute Gasteiger partial charge is 0.348 e. The molecule has 1 aliphatic carbocycles. The minimum Gasteiger partial charge on any atom is -0.348 e. The molecule has 116 valence electrons. The lowest BCUT2D eigenvalue weighted by Gasteiger charge is -2.20. The van der Waals surface area contributed by atoms with Crippen LogP contribution in [0.4, 0.5) is 0 Å². The van der Waals surface area contributed by atoms with Gasteiger partial charge < -0.3 is 9.88 Å². The van der Waals surface area contributed by atoms with Gasteiger partial charge in [0.25, 0.3) is 0 Å². The van der Waals surface area contributed by atoms with Gasteiger partial charge in [0.15, 0.2) is 0 Å².